The molecule has 1 atom stereocenters. The van der Waals surface area contributed by atoms with E-state index in [1.807, 2.05) is 0 Å². The quantitative estimate of drug-likeness (QED) is 0.663. The van der Waals surface area contributed by atoms with Crippen LogP contribution in [0.1, 0.15) is 19.3 Å². The lowest BCUT2D eigenvalue weighted by Crippen LogP contribution is -2.56. The highest BCUT2D eigenvalue weighted by atomic mass is 32.2. The summed E-state index contributed by atoms with van der Waals surface area (Å²) in [4.78, 5) is 0. The van der Waals surface area contributed by atoms with E-state index < -0.39 is 15.4 Å². The molecular weight excluding hydrogens is 214 g/mol. The van der Waals surface area contributed by atoms with Gasteiger partial charge in [0.15, 0.2) is 0 Å². The first-order chi connectivity index (χ1) is 7.21. The number of piperidine rings is 1. The molecule has 1 unspecified atom stereocenters. The Hall–Kier alpha value is -0.170. The van der Waals surface area contributed by atoms with E-state index >= 15 is 0 Å². The molecule has 5 nitrogen and oxygen atoms in total. The second-order valence-electron chi connectivity index (χ2n) is 4.15. The Kier molecular flexibility index (Phi) is 3.60. The van der Waals surface area contributed by atoms with Crippen molar-refractivity contribution in [1.82, 2.24) is 14.9 Å². The van der Waals surface area contributed by atoms with Crippen molar-refractivity contribution in [2.75, 3.05) is 32.7 Å². The van der Waals surface area contributed by atoms with Gasteiger partial charge in [-0.15, -0.1) is 0 Å². The van der Waals surface area contributed by atoms with Crippen molar-refractivity contribution < 1.29 is 8.42 Å². The van der Waals surface area contributed by atoms with Crippen LogP contribution in [-0.2, 0) is 10.0 Å². The van der Waals surface area contributed by atoms with E-state index in [1.54, 1.807) is 4.31 Å². The fourth-order valence-corrected chi connectivity index (χ4v) is 3.92. The van der Waals surface area contributed by atoms with Crippen molar-refractivity contribution in [2.45, 2.75) is 24.6 Å². The number of sulfonamides is 1. The van der Waals surface area contributed by atoms with Gasteiger partial charge in [-0.2, -0.15) is 0 Å². The molecule has 0 saturated carbocycles. The van der Waals surface area contributed by atoms with Crippen molar-refractivity contribution in [3.05, 3.63) is 0 Å². The minimum absolute atomic E-state index is 0.427. The van der Waals surface area contributed by atoms with Crippen LogP contribution < -0.4 is 10.6 Å². The van der Waals surface area contributed by atoms with Crippen LogP contribution in [0.25, 0.3) is 0 Å². The predicted molar refractivity (Wildman–Crippen MR) is 59.0 cm³/mol. The van der Waals surface area contributed by atoms with Crippen LogP contribution in [0.2, 0.25) is 0 Å². The molecule has 2 aliphatic heterocycles. The van der Waals surface area contributed by atoms with Crippen LogP contribution in [0.4, 0.5) is 0 Å². The minimum atomic E-state index is -3.13. The summed E-state index contributed by atoms with van der Waals surface area (Å²) in [5, 5.41) is 5.75. The van der Waals surface area contributed by atoms with Gasteiger partial charge in [-0.1, -0.05) is 6.42 Å². The van der Waals surface area contributed by atoms with Crippen molar-refractivity contribution in [2.24, 2.45) is 0 Å². The van der Waals surface area contributed by atoms with Crippen molar-refractivity contribution in [1.29, 1.82) is 0 Å². The zero-order valence-electron chi connectivity index (χ0n) is 8.91. The normalized spacial score (nSPS) is 30.3. The Bertz CT molecular complexity index is 268. The molecular formula is C9H19N3O2S. The molecule has 0 aliphatic carbocycles. The molecule has 6 heteroatoms. The van der Waals surface area contributed by atoms with Crippen LogP contribution in [-0.4, -0.2) is 50.8 Å². The highest BCUT2D eigenvalue weighted by Gasteiger charge is 2.33. The summed E-state index contributed by atoms with van der Waals surface area (Å²) < 4.78 is 26.0. The Morgan fingerprint density at radius 2 is 1.80 bits per heavy atom. The third kappa shape index (κ3) is 2.50. The number of nitrogens with one attached hydrogen (secondary N) is 2. The summed E-state index contributed by atoms with van der Waals surface area (Å²) in [7, 11) is -3.13. The largest absolute Gasteiger partial charge is 0.313 e. The predicted octanol–water partition coefficient (Wildman–Crippen LogP) is -0.679. The fraction of sp³-hybridized carbons (Fsp3) is 1.00. The molecule has 0 radical (unpaired) electrons. The van der Waals surface area contributed by atoms with Gasteiger partial charge in [0.05, 0.1) is 0 Å². The third-order valence-corrected chi connectivity index (χ3v) is 5.18. The average Bonchev–Trinajstić information content (AvgIpc) is 2.31. The zero-order valence-corrected chi connectivity index (χ0v) is 9.72. The highest BCUT2D eigenvalue weighted by molar-refractivity contribution is 7.89. The average molecular weight is 233 g/mol. The van der Waals surface area contributed by atoms with Crippen LogP contribution >= 0.6 is 0 Å². The first-order valence-corrected chi connectivity index (χ1v) is 7.14. The van der Waals surface area contributed by atoms with Gasteiger partial charge in [-0.25, -0.2) is 12.7 Å². The minimum Gasteiger partial charge on any atom is -0.313 e. The summed E-state index contributed by atoms with van der Waals surface area (Å²) in [6.45, 7) is 3.50. The molecule has 2 saturated heterocycles. The lowest BCUT2D eigenvalue weighted by molar-refractivity contribution is 0.333. The standard InChI is InChI=1S/C9H19N3O2S/c13-15(14,9-8-10-4-5-11-9)12-6-2-1-3-7-12/h9-11H,1-8H2. The van der Waals surface area contributed by atoms with Gasteiger partial charge < -0.3 is 5.32 Å². The summed E-state index contributed by atoms with van der Waals surface area (Å²) in [5.41, 5.74) is 0. The first kappa shape index (κ1) is 11.3. The van der Waals surface area contributed by atoms with Crippen molar-refractivity contribution in [3.63, 3.8) is 0 Å². The van der Waals surface area contributed by atoms with Crippen molar-refractivity contribution in [3.8, 4) is 0 Å². The van der Waals surface area contributed by atoms with E-state index in [2.05, 4.69) is 10.6 Å². The molecule has 0 aromatic heterocycles. The molecule has 0 bridgehead atoms. The summed E-state index contributed by atoms with van der Waals surface area (Å²) in [6, 6.07) is 0. The Morgan fingerprint density at radius 3 is 2.40 bits per heavy atom. The van der Waals surface area contributed by atoms with Crippen LogP contribution in [0, 0.1) is 0 Å². The smallest absolute Gasteiger partial charge is 0.231 e. The number of hydrogen-bond donors (Lipinski definition) is 2. The molecule has 0 amide bonds. The Balaban J connectivity index is 2.03. The molecule has 15 heavy (non-hydrogen) atoms. The Morgan fingerprint density at radius 1 is 1.07 bits per heavy atom. The molecule has 2 N–H and O–H groups in total. The number of hydrogen-bond acceptors (Lipinski definition) is 4. The van der Waals surface area contributed by atoms with Gasteiger partial charge in [-0.05, 0) is 12.8 Å². The first-order valence-electron chi connectivity index (χ1n) is 5.64. The van der Waals surface area contributed by atoms with Crippen LogP contribution in [0.5, 0.6) is 0 Å². The third-order valence-electron chi connectivity index (χ3n) is 3.04. The molecule has 2 heterocycles. The molecule has 2 fully saturated rings. The van der Waals surface area contributed by atoms with E-state index in [-0.39, 0.29) is 0 Å². The number of nitrogens with zero attached hydrogens (tertiary/aromatic N) is 1. The summed E-state index contributed by atoms with van der Waals surface area (Å²) in [6.07, 6.45) is 3.15. The van der Waals surface area contributed by atoms with Gasteiger partial charge in [0.25, 0.3) is 0 Å². The van der Waals surface area contributed by atoms with Gasteiger partial charge >= 0.3 is 0 Å². The number of rotatable bonds is 2. The molecule has 88 valence electrons. The monoisotopic (exact) mass is 233 g/mol. The van der Waals surface area contributed by atoms with Crippen LogP contribution in [0.15, 0.2) is 0 Å². The SMILES string of the molecule is O=S(=O)(C1CNCCN1)N1CCCCC1. The second-order valence-corrected chi connectivity index (χ2v) is 6.27. The molecule has 0 aromatic rings. The second kappa shape index (κ2) is 4.78. The lowest BCUT2D eigenvalue weighted by Gasteiger charge is -2.32. The van der Waals surface area contributed by atoms with Gasteiger partial charge in [-0.3, -0.25) is 5.32 Å². The molecule has 2 rings (SSSR count). The van der Waals surface area contributed by atoms with Crippen molar-refractivity contribution >= 4 is 10.0 Å². The maximum atomic E-state index is 12.2. The summed E-state index contributed by atoms with van der Waals surface area (Å²) >= 11 is 0. The molecule has 0 spiro atoms. The lowest BCUT2D eigenvalue weighted by atomic mass is 10.2. The van der Waals surface area contributed by atoms with E-state index in [1.165, 1.54) is 0 Å². The zero-order chi connectivity index (χ0) is 10.7. The highest BCUT2D eigenvalue weighted by Crippen LogP contribution is 2.16. The van der Waals surface area contributed by atoms with E-state index in [0.717, 1.165) is 32.4 Å². The van der Waals surface area contributed by atoms with E-state index in [4.69, 9.17) is 0 Å². The van der Waals surface area contributed by atoms with Gasteiger partial charge in [0.2, 0.25) is 10.0 Å². The Labute approximate surface area is 91.3 Å². The summed E-state index contributed by atoms with van der Waals surface area (Å²) in [5.74, 6) is 0. The molecule has 0 aromatic carbocycles. The van der Waals surface area contributed by atoms with Gasteiger partial charge in [0.1, 0.15) is 5.37 Å². The fourth-order valence-electron chi connectivity index (χ4n) is 2.14. The van der Waals surface area contributed by atoms with Gasteiger partial charge in [0, 0.05) is 32.7 Å². The van der Waals surface area contributed by atoms with E-state index in [9.17, 15) is 8.42 Å². The maximum absolute atomic E-state index is 12.2. The van der Waals surface area contributed by atoms with Crippen LogP contribution in [0.3, 0.4) is 0 Å². The van der Waals surface area contributed by atoms with E-state index in [0.29, 0.717) is 19.6 Å². The number of piperazine rings is 1. The topological polar surface area (TPSA) is 61.4 Å². The maximum Gasteiger partial charge on any atom is 0.231 e. The molecule has 2 aliphatic rings.